The molecule has 2 amide bonds. The van der Waals surface area contributed by atoms with Crippen molar-refractivity contribution >= 4 is 44.9 Å². The number of benzene rings is 2. The summed E-state index contributed by atoms with van der Waals surface area (Å²) in [6.07, 6.45) is 1.50. The van der Waals surface area contributed by atoms with Gasteiger partial charge >= 0.3 is 0 Å². The van der Waals surface area contributed by atoms with Crippen LogP contribution in [0.3, 0.4) is 0 Å². The number of rotatable bonds is 4. The first-order valence-corrected chi connectivity index (χ1v) is 8.67. The van der Waals surface area contributed by atoms with Crippen molar-refractivity contribution in [1.29, 1.82) is 0 Å². The Morgan fingerprint density at radius 1 is 1.20 bits per heavy atom. The van der Waals surface area contributed by atoms with Crippen molar-refractivity contribution in [2.45, 2.75) is 6.67 Å². The molecule has 2 aromatic carbocycles. The summed E-state index contributed by atoms with van der Waals surface area (Å²) in [6.45, 7) is -0.582. The van der Waals surface area contributed by atoms with Crippen LogP contribution < -0.4 is 10.1 Å². The molecule has 8 heteroatoms. The average molecular weight is 424 g/mol. The van der Waals surface area contributed by atoms with Gasteiger partial charge in [0.25, 0.3) is 11.1 Å². The second-order valence-corrected chi connectivity index (χ2v) is 6.95. The number of halogens is 2. The van der Waals surface area contributed by atoms with E-state index in [1.807, 2.05) is 0 Å². The maximum atomic E-state index is 12.6. The second kappa shape index (κ2) is 7.28. The zero-order valence-electron chi connectivity index (χ0n) is 12.6. The zero-order valence-corrected chi connectivity index (χ0v) is 15.0. The van der Waals surface area contributed by atoms with Crippen LogP contribution in [0, 0.1) is 0 Å². The Morgan fingerprint density at radius 3 is 2.56 bits per heavy atom. The normalized spacial score (nSPS) is 15.5. The van der Waals surface area contributed by atoms with Gasteiger partial charge in [0.2, 0.25) is 0 Å². The summed E-state index contributed by atoms with van der Waals surface area (Å²) in [6, 6.07) is 9.38. The fraction of sp³-hybridized carbons (Fsp3) is 0.0588. The molecule has 0 radical (unpaired) electrons. The predicted molar refractivity (Wildman–Crippen MR) is 96.2 cm³/mol. The molecule has 25 heavy (non-hydrogen) atoms. The Morgan fingerprint density at radius 2 is 1.96 bits per heavy atom. The number of carbonyl (C=O) groups excluding carboxylic acids is 2. The molecule has 2 N–H and O–H groups in total. The Kier molecular flexibility index (Phi) is 5.10. The Hall–Kier alpha value is -2.32. The summed E-state index contributed by atoms with van der Waals surface area (Å²) in [5, 5.41) is 11.9. The minimum Gasteiger partial charge on any atom is -0.504 e. The number of nitrogens with one attached hydrogen (secondary N) is 1. The minimum atomic E-state index is -0.582. The topological polar surface area (TPSA) is 75.6 Å². The Balaban J connectivity index is 1.82. The second-order valence-electron chi connectivity index (χ2n) is 5.08. The molecule has 0 atom stereocenters. The van der Waals surface area contributed by atoms with E-state index in [4.69, 9.17) is 4.74 Å². The molecule has 0 unspecified atom stereocenters. The molecule has 0 bridgehead atoms. The molecule has 128 valence electrons. The van der Waals surface area contributed by atoms with Gasteiger partial charge in [-0.15, -0.1) is 0 Å². The smallest absolute Gasteiger partial charge is 0.290 e. The number of amides is 2. The third kappa shape index (κ3) is 4.02. The maximum Gasteiger partial charge on any atom is 0.290 e. The number of carbonyl (C=O) groups is 2. The molecule has 1 fully saturated rings. The van der Waals surface area contributed by atoms with E-state index in [0.717, 1.165) is 11.8 Å². The number of hydrogen-bond donors (Lipinski definition) is 2. The van der Waals surface area contributed by atoms with Crippen molar-refractivity contribution in [3.63, 3.8) is 0 Å². The number of ether oxygens (including phenoxy) is 1. The molecule has 5 nitrogen and oxygen atoms in total. The molecule has 0 aromatic heterocycles. The molecule has 0 aliphatic carbocycles. The first-order valence-electron chi connectivity index (χ1n) is 7.06. The quantitative estimate of drug-likeness (QED) is 0.694. The van der Waals surface area contributed by atoms with E-state index in [2.05, 4.69) is 21.2 Å². The fourth-order valence-corrected chi connectivity index (χ4v) is 3.30. The van der Waals surface area contributed by atoms with E-state index in [1.165, 1.54) is 18.2 Å². The van der Waals surface area contributed by atoms with Gasteiger partial charge in [-0.3, -0.25) is 14.9 Å². The van der Waals surface area contributed by atoms with Gasteiger partial charge in [0.05, 0.1) is 9.38 Å². The standard InChI is InChI=1S/C17H11BrFNO4S/c18-11-5-10(8-19)2-3-13(11)24-14-4-1-9(6-12(14)21)7-15-16(22)20-17(23)25-15/h1-7,21H,8H2,(H,20,22,23)/b15-7-. The monoisotopic (exact) mass is 423 g/mol. The highest BCUT2D eigenvalue weighted by Gasteiger charge is 2.25. The number of phenols is 1. The third-order valence-electron chi connectivity index (χ3n) is 3.29. The fourth-order valence-electron chi connectivity index (χ4n) is 2.11. The van der Waals surface area contributed by atoms with E-state index in [0.29, 0.717) is 21.3 Å². The molecule has 2 aromatic rings. The molecule has 1 aliphatic heterocycles. The van der Waals surface area contributed by atoms with Gasteiger partial charge in [-0.1, -0.05) is 12.1 Å². The van der Waals surface area contributed by atoms with E-state index in [9.17, 15) is 19.1 Å². The molecule has 0 spiro atoms. The van der Waals surface area contributed by atoms with Crippen molar-refractivity contribution in [3.05, 3.63) is 56.9 Å². The van der Waals surface area contributed by atoms with Crippen molar-refractivity contribution < 1.29 is 23.8 Å². The SMILES string of the molecule is O=C1NC(=O)/C(=C/c2ccc(Oc3ccc(CF)cc3Br)c(O)c2)S1. The van der Waals surface area contributed by atoms with Crippen LogP contribution in [0.25, 0.3) is 6.08 Å². The van der Waals surface area contributed by atoms with Gasteiger partial charge in [-0.05, 0) is 69.2 Å². The van der Waals surface area contributed by atoms with E-state index >= 15 is 0 Å². The molecule has 0 saturated carbocycles. The number of hydrogen-bond acceptors (Lipinski definition) is 5. The van der Waals surface area contributed by atoms with E-state index < -0.39 is 17.8 Å². The van der Waals surface area contributed by atoms with E-state index in [-0.39, 0.29) is 16.4 Å². The van der Waals surface area contributed by atoms with Crippen LogP contribution in [0.5, 0.6) is 17.2 Å². The first kappa shape index (κ1) is 17.5. The Labute approximate surface area is 155 Å². The lowest BCUT2D eigenvalue weighted by atomic mass is 10.2. The average Bonchev–Trinajstić information content (AvgIpc) is 2.89. The summed E-state index contributed by atoms with van der Waals surface area (Å²) in [5.41, 5.74) is 1.05. The van der Waals surface area contributed by atoms with Gasteiger partial charge in [0.15, 0.2) is 11.5 Å². The van der Waals surface area contributed by atoms with Crippen LogP contribution >= 0.6 is 27.7 Å². The molecular formula is C17H11BrFNO4S. The van der Waals surface area contributed by atoms with Crippen LogP contribution in [-0.2, 0) is 11.5 Å². The van der Waals surface area contributed by atoms with Gasteiger partial charge in [0, 0.05) is 0 Å². The number of phenolic OH excluding ortho intramolecular Hbond substituents is 1. The largest absolute Gasteiger partial charge is 0.504 e. The predicted octanol–water partition coefficient (Wildman–Crippen LogP) is 4.74. The summed E-state index contributed by atoms with van der Waals surface area (Å²) >= 11 is 4.09. The third-order valence-corrected chi connectivity index (χ3v) is 4.72. The van der Waals surface area contributed by atoms with Crippen LogP contribution in [-0.4, -0.2) is 16.3 Å². The first-order chi connectivity index (χ1) is 12.0. The van der Waals surface area contributed by atoms with Gasteiger partial charge in [0.1, 0.15) is 12.4 Å². The summed E-state index contributed by atoms with van der Waals surface area (Å²) < 4.78 is 18.8. The lowest BCUT2D eigenvalue weighted by Gasteiger charge is -2.10. The summed E-state index contributed by atoms with van der Waals surface area (Å²) in [7, 11) is 0. The molecule has 1 heterocycles. The minimum absolute atomic E-state index is 0.134. The van der Waals surface area contributed by atoms with Crippen LogP contribution in [0.1, 0.15) is 11.1 Å². The number of imide groups is 1. The lowest BCUT2D eigenvalue weighted by molar-refractivity contribution is -0.115. The van der Waals surface area contributed by atoms with Gasteiger partial charge in [-0.2, -0.15) is 0 Å². The van der Waals surface area contributed by atoms with Crippen LogP contribution in [0.2, 0.25) is 0 Å². The van der Waals surface area contributed by atoms with Crippen molar-refractivity contribution in [3.8, 4) is 17.2 Å². The highest BCUT2D eigenvalue weighted by molar-refractivity contribution is 9.10. The highest BCUT2D eigenvalue weighted by atomic mass is 79.9. The van der Waals surface area contributed by atoms with Gasteiger partial charge < -0.3 is 9.84 Å². The molecule has 1 saturated heterocycles. The van der Waals surface area contributed by atoms with Crippen molar-refractivity contribution in [2.24, 2.45) is 0 Å². The summed E-state index contributed by atoms with van der Waals surface area (Å²) in [5.74, 6) is 0.0302. The van der Waals surface area contributed by atoms with Crippen LogP contribution in [0.15, 0.2) is 45.8 Å². The number of thioether (sulfide) groups is 1. The van der Waals surface area contributed by atoms with Crippen molar-refractivity contribution in [2.75, 3.05) is 0 Å². The lowest BCUT2D eigenvalue weighted by Crippen LogP contribution is -2.17. The molecule has 3 rings (SSSR count). The Bertz CT molecular complexity index is 900. The summed E-state index contributed by atoms with van der Waals surface area (Å²) in [4.78, 5) is 22.9. The van der Waals surface area contributed by atoms with E-state index in [1.54, 1.807) is 24.3 Å². The van der Waals surface area contributed by atoms with Crippen LogP contribution in [0.4, 0.5) is 9.18 Å². The maximum absolute atomic E-state index is 12.6. The zero-order chi connectivity index (χ0) is 18.0. The molecular weight excluding hydrogens is 413 g/mol. The van der Waals surface area contributed by atoms with Crippen molar-refractivity contribution in [1.82, 2.24) is 5.32 Å². The van der Waals surface area contributed by atoms with Gasteiger partial charge in [-0.25, -0.2) is 4.39 Å². The molecule has 1 aliphatic rings. The number of alkyl halides is 1. The highest BCUT2D eigenvalue weighted by Crippen LogP contribution is 2.36. The number of aromatic hydroxyl groups is 1.